The first-order chi connectivity index (χ1) is 12.6. The van der Waals surface area contributed by atoms with Gasteiger partial charge in [0.25, 0.3) is 0 Å². The van der Waals surface area contributed by atoms with Crippen LogP contribution in [0.25, 0.3) is 11.4 Å². The van der Waals surface area contributed by atoms with Gasteiger partial charge in [-0.05, 0) is 37.4 Å². The van der Waals surface area contributed by atoms with E-state index in [0.29, 0.717) is 0 Å². The Labute approximate surface area is 154 Å². The molecule has 5 heteroatoms. The van der Waals surface area contributed by atoms with Gasteiger partial charge in [-0.25, -0.2) is 4.98 Å². The van der Waals surface area contributed by atoms with Crippen molar-refractivity contribution in [2.75, 3.05) is 28.3 Å². The molecule has 0 aliphatic heterocycles. The van der Waals surface area contributed by atoms with Crippen molar-refractivity contribution in [3.63, 3.8) is 0 Å². The highest BCUT2D eigenvalue weighted by atomic mass is 16.5. The second-order valence-corrected chi connectivity index (χ2v) is 6.47. The topological polar surface area (TPSA) is 39.5 Å². The van der Waals surface area contributed by atoms with E-state index < -0.39 is 0 Å². The van der Waals surface area contributed by atoms with Gasteiger partial charge in [0.15, 0.2) is 0 Å². The maximum Gasteiger partial charge on any atom is 0.147 e. The zero-order chi connectivity index (χ0) is 18.5. The predicted molar refractivity (Wildman–Crippen MR) is 104 cm³/mol. The summed E-state index contributed by atoms with van der Waals surface area (Å²) in [6.45, 7) is 1.67. The Bertz CT molecular complexity index is 832. The fourth-order valence-corrected chi connectivity index (χ4v) is 3.05. The second-order valence-electron chi connectivity index (χ2n) is 6.47. The van der Waals surface area contributed by atoms with E-state index in [1.165, 1.54) is 11.1 Å². The van der Waals surface area contributed by atoms with E-state index in [2.05, 4.69) is 52.8 Å². The van der Waals surface area contributed by atoms with Crippen LogP contribution in [0.15, 0.2) is 54.9 Å². The Balaban J connectivity index is 1.90. The lowest BCUT2D eigenvalue weighted by Crippen LogP contribution is -2.10. The lowest BCUT2D eigenvalue weighted by atomic mass is 10.1. The van der Waals surface area contributed by atoms with Gasteiger partial charge in [-0.1, -0.05) is 30.3 Å². The second kappa shape index (κ2) is 8.06. The van der Waals surface area contributed by atoms with Gasteiger partial charge in [0.05, 0.1) is 14.2 Å². The number of aromatic nitrogens is 2. The molecule has 0 atom stereocenters. The fourth-order valence-electron chi connectivity index (χ4n) is 3.05. The summed E-state index contributed by atoms with van der Waals surface area (Å²) in [4.78, 5) is 6.72. The minimum absolute atomic E-state index is 0.735. The van der Waals surface area contributed by atoms with Gasteiger partial charge in [0.1, 0.15) is 22.9 Å². The SMILES string of the molecule is COc1cccc(OC)c1-c1nccn1Cc1ccc(CN(C)C)cc1. The van der Waals surface area contributed by atoms with Crippen LogP contribution in [0.2, 0.25) is 0 Å². The van der Waals surface area contributed by atoms with Crippen LogP contribution >= 0.6 is 0 Å². The average molecular weight is 351 g/mol. The fraction of sp³-hybridized carbons (Fsp3) is 0.286. The number of hydrogen-bond donors (Lipinski definition) is 0. The molecule has 0 aliphatic carbocycles. The zero-order valence-electron chi connectivity index (χ0n) is 15.8. The molecule has 0 aliphatic rings. The van der Waals surface area contributed by atoms with Crippen LogP contribution < -0.4 is 9.47 Å². The highest BCUT2D eigenvalue weighted by molar-refractivity contribution is 5.72. The van der Waals surface area contributed by atoms with E-state index in [-0.39, 0.29) is 0 Å². The maximum absolute atomic E-state index is 5.53. The Morgan fingerprint density at radius 1 is 0.923 bits per heavy atom. The summed E-state index contributed by atoms with van der Waals surface area (Å²) < 4.78 is 13.2. The molecular weight excluding hydrogens is 326 g/mol. The molecule has 0 bridgehead atoms. The lowest BCUT2D eigenvalue weighted by Gasteiger charge is -2.15. The highest BCUT2D eigenvalue weighted by Crippen LogP contribution is 2.37. The van der Waals surface area contributed by atoms with Gasteiger partial charge in [-0.3, -0.25) is 0 Å². The van der Waals surface area contributed by atoms with Gasteiger partial charge in [0, 0.05) is 25.5 Å². The Hall–Kier alpha value is -2.79. The van der Waals surface area contributed by atoms with Gasteiger partial charge < -0.3 is 18.9 Å². The molecule has 0 saturated carbocycles. The van der Waals surface area contributed by atoms with Crippen molar-refractivity contribution in [1.82, 2.24) is 14.5 Å². The van der Waals surface area contributed by atoms with E-state index in [1.54, 1.807) is 14.2 Å². The minimum Gasteiger partial charge on any atom is -0.496 e. The minimum atomic E-state index is 0.735. The van der Waals surface area contributed by atoms with Gasteiger partial charge >= 0.3 is 0 Å². The van der Waals surface area contributed by atoms with E-state index in [0.717, 1.165) is 36.0 Å². The number of ether oxygens (including phenoxy) is 2. The normalized spacial score (nSPS) is 11.0. The molecule has 3 rings (SSSR count). The van der Waals surface area contributed by atoms with Gasteiger partial charge in [-0.15, -0.1) is 0 Å². The van der Waals surface area contributed by atoms with Crippen LogP contribution in [0.5, 0.6) is 11.5 Å². The first kappa shape index (κ1) is 18.0. The number of rotatable bonds is 7. The number of methoxy groups -OCH3 is 2. The van der Waals surface area contributed by atoms with Gasteiger partial charge in [-0.2, -0.15) is 0 Å². The van der Waals surface area contributed by atoms with E-state index >= 15 is 0 Å². The monoisotopic (exact) mass is 351 g/mol. The molecule has 1 aromatic heterocycles. The Morgan fingerprint density at radius 3 is 2.12 bits per heavy atom. The third-order valence-electron chi connectivity index (χ3n) is 4.24. The van der Waals surface area contributed by atoms with Crippen molar-refractivity contribution < 1.29 is 9.47 Å². The number of benzene rings is 2. The van der Waals surface area contributed by atoms with Gasteiger partial charge in [0.2, 0.25) is 0 Å². The highest BCUT2D eigenvalue weighted by Gasteiger charge is 2.17. The van der Waals surface area contributed by atoms with Crippen molar-refractivity contribution in [3.8, 4) is 22.9 Å². The number of nitrogens with zero attached hydrogens (tertiary/aromatic N) is 3. The molecule has 136 valence electrons. The molecule has 1 heterocycles. The summed E-state index contributed by atoms with van der Waals surface area (Å²) in [5.74, 6) is 2.33. The molecule has 0 amide bonds. The summed E-state index contributed by atoms with van der Waals surface area (Å²) in [7, 11) is 7.47. The molecule has 0 fully saturated rings. The quantitative estimate of drug-likeness (QED) is 0.651. The zero-order valence-corrected chi connectivity index (χ0v) is 15.8. The number of hydrogen-bond acceptors (Lipinski definition) is 4. The molecular formula is C21H25N3O2. The van der Waals surface area contributed by atoms with E-state index in [4.69, 9.17) is 9.47 Å². The molecule has 5 nitrogen and oxygen atoms in total. The first-order valence-corrected chi connectivity index (χ1v) is 8.57. The summed E-state index contributed by atoms with van der Waals surface area (Å²) >= 11 is 0. The standard InChI is InChI=1S/C21H25N3O2/c1-23(2)14-16-8-10-17(11-9-16)15-24-13-12-22-21(24)20-18(25-3)6-5-7-19(20)26-4/h5-13H,14-15H2,1-4H3. The molecule has 0 unspecified atom stereocenters. The van der Waals surface area contributed by atoms with Crippen molar-refractivity contribution >= 4 is 0 Å². The Morgan fingerprint density at radius 2 is 1.54 bits per heavy atom. The molecule has 3 aromatic rings. The molecule has 2 aromatic carbocycles. The summed E-state index contributed by atoms with van der Waals surface area (Å²) in [6, 6.07) is 14.5. The van der Waals surface area contributed by atoms with E-state index in [9.17, 15) is 0 Å². The van der Waals surface area contributed by atoms with Crippen molar-refractivity contribution in [1.29, 1.82) is 0 Å². The molecule has 26 heavy (non-hydrogen) atoms. The molecule has 0 radical (unpaired) electrons. The molecule has 0 saturated heterocycles. The summed E-state index contributed by atoms with van der Waals surface area (Å²) in [6.07, 6.45) is 3.79. The summed E-state index contributed by atoms with van der Waals surface area (Å²) in [5.41, 5.74) is 3.39. The van der Waals surface area contributed by atoms with Crippen LogP contribution in [0, 0.1) is 0 Å². The van der Waals surface area contributed by atoms with Crippen LogP contribution in [0.4, 0.5) is 0 Å². The lowest BCUT2D eigenvalue weighted by molar-refractivity contribution is 0.396. The van der Waals surface area contributed by atoms with Crippen molar-refractivity contribution in [2.45, 2.75) is 13.1 Å². The van der Waals surface area contributed by atoms with Crippen LogP contribution in [0.1, 0.15) is 11.1 Å². The smallest absolute Gasteiger partial charge is 0.147 e. The molecule has 0 spiro atoms. The third-order valence-corrected chi connectivity index (χ3v) is 4.24. The largest absolute Gasteiger partial charge is 0.496 e. The van der Waals surface area contributed by atoms with Crippen molar-refractivity contribution in [3.05, 3.63) is 66.0 Å². The maximum atomic E-state index is 5.53. The van der Waals surface area contributed by atoms with Crippen molar-refractivity contribution in [2.24, 2.45) is 0 Å². The van der Waals surface area contributed by atoms with E-state index in [1.807, 2.05) is 30.6 Å². The predicted octanol–water partition coefficient (Wildman–Crippen LogP) is 3.68. The van der Waals surface area contributed by atoms with Crippen LogP contribution in [-0.4, -0.2) is 42.8 Å². The first-order valence-electron chi connectivity index (χ1n) is 8.57. The van der Waals surface area contributed by atoms with Crippen LogP contribution in [-0.2, 0) is 13.1 Å². The third kappa shape index (κ3) is 3.89. The number of imidazole rings is 1. The summed E-state index contributed by atoms with van der Waals surface area (Å²) in [5, 5.41) is 0. The Kier molecular flexibility index (Phi) is 5.58. The van der Waals surface area contributed by atoms with Crippen LogP contribution in [0.3, 0.4) is 0 Å². The molecule has 0 N–H and O–H groups in total. The average Bonchev–Trinajstić information content (AvgIpc) is 3.09.